The molecular weight excluding hydrogens is 218 g/mol. The first kappa shape index (κ1) is 15.9. The van der Waals surface area contributed by atoms with Gasteiger partial charge in [-0.1, -0.05) is 13.8 Å². The maximum atomic E-state index is 11.7. The summed E-state index contributed by atoms with van der Waals surface area (Å²) in [6.07, 6.45) is 0.420. The molecule has 5 heteroatoms. The summed E-state index contributed by atoms with van der Waals surface area (Å²) < 4.78 is 0. The minimum atomic E-state index is -0.118. The van der Waals surface area contributed by atoms with Gasteiger partial charge in [0.2, 0.25) is 11.8 Å². The highest BCUT2D eigenvalue weighted by molar-refractivity contribution is 5.84. The zero-order valence-electron chi connectivity index (χ0n) is 11.5. The Kier molecular flexibility index (Phi) is 7.54. The lowest BCUT2D eigenvalue weighted by Gasteiger charge is -2.18. The first-order valence-corrected chi connectivity index (χ1v) is 6.09. The first-order chi connectivity index (χ1) is 7.82. The fourth-order valence-corrected chi connectivity index (χ4v) is 1.33. The molecule has 2 amide bonds. The van der Waals surface area contributed by atoms with E-state index in [1.165, 1.54) is 4.90 Å². The average molecular weight is 243 g/mol. The van der Waals surface area contributed by atoms with E-state index in [2.05, 4.69) is 10.6 Å². The van der Waals surface area contributed by atoms with Crippen LogP contribution in [0.3, 0.4) is 0 Å². The molecule has 0 atom stereocenters. The molecule has 0 aromatic heterocycles. The molecule has 5 nitrogen and oxygen atoms in total. The van der Waals surface area contributed by atoms with Crippen molar-refractivity contribution in [3.63, 3.8) is 0 Å². The fraction of sp³-hybridized carbons (Fsp3) is 0.833. The van der Waals surface area contributed by atoms with Crippen molar-refractivity contribution in [1.29, 1.82) is 0 Å². The maximum Gasteiger partial charge on any atom is 0.239 e. The molecule has 0 radical (unpaired) electrons. The zero-order valence-corrected chi connectivity index (χ0v) is 11.5. The summed E-state index contributed by atoms with van der Waals surface area (Å²) in [6, 6.07) is 0.478. The lowest BCUT2D eigenvalue weighted by atomic mass is 10.3. The molecule has 0 fully saturated rings. The normalized spacial score (nSPS) is 10.8. The lowest BCUT2D eigenvalue weighted by molar-refractivity contribution is -0.134. The van der Waals surface area contributed by atoms with Crippen LogP contribution >= 0.6 is 0 Å². The predicted molar refractivity (Wildman–Crippen MR) is 68.7 cm³/mol. The Morgan fingerprint density at radius 3 is 2.18 bits per heavy atom. The summed E-state index contributed by atoms with van der Waals surface area (Å²) in [5.74, 6) is -0.135. The number of carbonyl (C=O) groups excluding carboxylic acids is 2. The summed E-state index contributed by atoms with van der Waals surface area (Å²) in [7, 11) is 1.65. The van der Waals surface area contributed by atoms with Crippen LogP contribution in [0.1, 0.15) is 34.1 Å². The van der Waals surface area contributed by atoms with Crippen LogP contribution in [-0.2, 0) is 9.59 Å². The number of hydrogen-bond donors (Lipinski definition) is 2. The average Bonchev–Trinajstić information content (AvgIpc) is 2.15. The summed E-state index contributed by atoms with van der Waals surface area (Å²) >= 11 is 0. The van der Waals surface area contributed by atoms with E-state index in [1.54, 1.807) is 7.05 Å². The fourth-order valence-electron chi connectivity index (χ4n) is 1.33. The molecule has 0 aliphatic carbocycles. The molecule has 0 aromatic carbocycles. The van der Waals surface area contributed by atoms with E-state index >= 15 is 0 Å². The van der Waals surface area contributed by atoms with Crippen LogP contribution in [0.15, 0.2) is 0 Å². The van der Waals surface area contributed by atoms with Gasteiger partial charge in [0, 0.05) is 32.1 Å². The van der Waals surface area contributed by atoms with Gasteiger partial charge in [0.05, 0.1) is 6.54 Å². The Morgan fingerprint density at radius 2 is 1.71 bits per heavy atom. The monoisotopic (exact) mass is 243 g/mol. The van der Waals surface area contributed by atoms with Gasteiger partial charge in [0.25, 0.3) is 0 Å². The highest BCUT2D eigenvalue weighted by Crippen LogP contribution is 1.91. The third kappa shape index (κ3) is 8.68. The molecule has 0 aliphatic heterocycles. The molecular formula is C12H25N3O2. The van der Waals surface area contributed by atoms with E-state index < -0.39 is 0 Å². The summed E-state index contributed by atoms with van der Waals surface area (Å²) in [5.41, 5.74) is 0. The number of carbonyl (C=O) groups is 2. The van der Waals surface area contributed by atoms with E-state index in [-0.39, 0.29) is 24.4 Å². The minimum absolute atomic E-state index is 0.0166. The van der Waals surface area contributed by atoms with E-state index in [0.717, 1.165) is 0 Å². The Balaban J connectivity index is 3.85. The zero-order chi connectivity index (χ0) is 13.4. The molecule has 0 saturated heterocycles. The molecule has 0 bridgehead atoms. The van der Waals surface area contributed by atoms with Gasteiger partial charge in [-0.3, -0.25) is 9.59 Å². The van der Waals surface area contributed by atoms with E-state index in [1.807, 2.05) is 27.7 Å². The summed E-state index contributed by atoms with van der Waals surface area (Å²) in [5, 5.41) is 5.92. The van der Waals surface area contributed by atoms with Crippen molar-refractivity contribution >= 4 is 11.8 Å². The van der Waals surface area contributed by atoms with Gasteiger partial charge in [-0.25, -0.2) is 0 Å². The Bertz CT molecular complexity index is 252. The van der Waals surface area contributed by atoms with Crippen LogP contribution in [0, 0.1) is 0 Å². The first-order valence-electron chi connectivity index (χ1n) is 6.09. The van der Waals surface area contributed by atoms with Gasteiger partial charge in [0.15, 0.2) is 0 Å². The summed E-state index contributed by atoms with van der Waals surface area (Å²) in [6.45, 7) is 8.62. The number of likely N-dealkylation sites (N-methyl/N-ethyl adjacent to an activating group) is 1. The second kappa shape index (κ2) is 8.06. The van der Waals surface area contributed by atoms with Crippen LogP contribution in [0.2, 0.25) is 0 Å². The van der Waals surface area contributed by atoms with E-state index in [9.17, 15) is 9.59 Å². The molecule has 2 N–H and O–H groups in total. The largest absolute Gasteiger partial charge is 0.352 e. The molecule has 0 aliphatic rings. The quantitative estimate of drug-likeness (QED) is 0.678. The van der Waals surface area contributed by atoms with Gasteiger partial charge in [-0.05, 0) is 13.8 Å². The van der Waals surface area contributed by atoms with Crippen molar-refractivity contribution < 1.29 is 9.59 Å². The van der Waals surface area contributed by atoms with Gasteiger partial charge in [-0.15, -0.1) is 0 Å². The number of rotatable bonds is 7. The third-order valence-electron chi connectivity index (χ3n) is 2.15. The van der Waals surface area contributed by atoms with E-state index in [4.69, 9.17) is 0 Å². The molecule has 17 heavy (non-hydrogen) atoms. The third-order valence-corrected chi connectivity index (χ3v) is 2.15. The van der Waals surface area contributed by atoms with Crippen LogP contribution in [0.4, 0.5) is 0 Å². The summed E-state index contributed by atoms with van der Waals surface area (Å²) in [4.78, 5) is 24.5. The predicted octanol–water partition coefficient (Wildman–Crippen LogP) is 0.358. The SMILES string of the molecule is CC(C)NCCC(=O)N(C)CC(=O)NC(C)C. The van der Waals surface area contributed by atoms with Crippen LogP contribution in [0.5, 0.6) is 0 Å². The molecule has 0 saturated carbocycles. The van der Waals surface area contributed by atoms with Gasteiger partial charge in [-0.2, -0.15) is 0 Å². The van der Waals surface area contributed by atoms with Gasteiger partial charge >= 0.3 is 0 Å². The Hall–Kier alpha value is -1.10. The van der Waals surface area contributed by atoms with Crippen LogP contribution in [0.25, 0.3) is 0 Å². The topological polar surface area (TPSA) is 61.4 Å². The Morgan fingerprint density at radius 1 is 1.12 bits per heavy atom. The van der Waals surface area contributed by atoms with Crippen molar-refractivity contribution in [2.75, 3.05) is 20.1 Å². The highest BCUT2D eigenvalue weighted by atomic mass is 16.2. The van der Waals surface area contributed by atoms with Gasteiger partial charge in [0.1, 0.15) is 0 Å². The lowest BCUT2D eigenvalue weighted by Crippen LogP contribution is -2.41. The number of amides is 2. The molecule has 0 unspecified atom stereocenters. The number of hydrogen-bond acceptors (Lipinski definition) is 3. The van der Waals surface area contributed by atoms with E-state index in [0.29, 0.717) is 19.0 Å². The molecule has 0 heterocycles. The van der Waals surface area contributed by atoms with Crippen molar-refractivity contribution in [2.45, 2.75) is 46.2 Å². The van der Waals surface area contributed by atoms with Crippen molar-refractivity contribution in [2.24, 2.45) is 0 Å². The van der Waals surface area contributed by atoms with Gasteiger partial charge < -0.3 is 15.5 Å². The molecule has 100 valence electrons. The van der Waals surface area contributed by atoms with Crippen LogP contribution < -0.4 is 10.6 Å². The highest BCUT2D eigenvalue weighted by Gasteiger charge is 2.12. The standard InChI is InChI=1S/C12H25N3O2/c1-9(2)13-7-6-12(17)15(5)8-11(16)14-10(3)4/h9-10,13H,6-8H2,1-5H3,(H,14,16). The second-order valence-corrected chi connectivity index (χ2v) is 4.83. The molecule has 0 rings (SSSR count). The number of nitrogens with one attached hydrogen (secondary N) is 2. The van der Waals surface area contributed by atoms with Crippen molar-refractivity contribution in [3.8, 4) is 0 Å². The van der Waals surface area contributed by atoms with Crippen molar-refractivity contribution in [1.82, 2.24) is 15.5 Å². The molecule has 0 aromatic rings. The second-order valence-electron chi connectivity index (χ2n) is 4.83. The van der Waals surface area contributed by atoms with Crippen LogP contribution in [-0.4, -0.2) is 48.9 Å². The molecule has 0 spiro atoms. The van der Waals surface area contributed by atoms with Crippen molar-refractivity contribution in [3.05, 3.63) is 0 Å². The smallest absolute Gasteiger partial charge is 0.239 e. The number of nitrogens with zero attached hydrogens (tertiary/aromatic N) is 1. The minimum Gasteiger partial charge on any atom is -0.352 e. The maximum absolute atomic E-state index is 11.7. The Labute approximate surface area is 104 Å².